The van der Waals surface area contributed by atoms with Crippen LogP contribution in [0.1, 0.15) is 20.1 Å². The second-order valence-electron chi connectivity index (χ2n) is 3.57. The molecular weight excluding hydrogens is 374 g/mol. The van der Waals surface area contributed by atoms with E-state index in [1.165, 1.54) is 6.07 Å². The first-order chi connectivity index (χ1) is 8.00. The van der Waals surface area contributed by atoms with Gasteiger partial charge in [0, 0.05) is 19.8 Å². The van der Waals surface area contributed by atoms with Crippen molar-refractivity contribution >= 4 is 43.2 Å². The Bertz CT molecular complexity index is 551. The van der Waals surface area contributed by atoms with Gasteiger partial charge in [-0.25, -0.2) is 8.78 Å². The van der Waals surface area contributed by atoms with E-state index in [2.05, 4.69) is 31.9 Å². The van der Waals surface area contributed by atoms with E-state index in [1.54, 1.807) is 17.4 Å². The molecule has 2 aromatic rings. The van der Waals surface area contributed by atoms with E-state index in [4.69, 9.17) is 0 Å². The highest BCUT2D eigenvalue weighted by atomic mass is 79.9. The van der Waals surface area contributed by atoms with Crippen LogP contribution in [0.2, 0.25) is 0 Å². The first kappa shape index (κ1) is 13.2. The van der Waals surface area contributed by atoms with Crippen LogP contribution >= 0.6 is 43.2 Å². The van der Waals surface area contributed by atoms with Crippen molar-refractivity contribution in [2.24, 2.45) is 0 Å². The molecule has 0 aliphatic carbocycles. The third-order valence-corrected chi connectivity index (χ3v) is 5.61. The molecule has 0 N–H and O–H groups in total. The van der Waals surface area contributed by atoms with E-state index in [-0.39, 0.29) is 4.83 Å². The van der Waals surface area contributed by atoms with Crippen LogP contribution in [0.4, 0.5) is 8.78 Å². The van der Waals surface area contributed by atoms with Gasteiger partial charge in [-0.3, -0.25) is 0 Å². The smallest absolute Gasteiger partial charge is 0.163 e. The lowest BCUT2D eigenvalue weighted by molar-refractivity contribution is 0.501. The Kier molecular flexibility index (Phi) is 4.00. The van der Waals surface area contributed by atoms with Gasteiger partial charge in [0.1, 0.15) is 0 Å². The molecular formula is C12H8Br2F2S. The predicted octanol–water partition coefficient (Wildman–Crippen LogP) is 5.58. The first-order valence-electron chi connectivity index (χ1n) is 4.84. The molecule has 2 rings (SSSR count). The minimum Gasteiger partial charge on any atom is -0.204 e. The molecule has 0 aliphatic rings. The maximum Gasteiger partial charge on any atom is 0.163 e. The summed E-state index contributed by atoms with van der Waals surface area (Å²) in [5.74, 6) is -1.62. The van der Waals surface area contributed by atoms with Crippen LogP contribution in [0.15, 0.2) is 28.7 Å². The molecule has 17 heavy (non-hydrogen) atoms. The standard InChI is InChI=1S/C12H8Br2F2S/c1-6-5-8(13)12(17-6)10(14)7-3-2-4-9(15)11(7)16/h2-5,10H,1H3. The fourth-order valence-electron chi connectivity index (χ4n) is 1.53. The van der Waals surface area contributed by atoms with Crippen LogP contribution in [0.3, 0.4) is 0 Å². The van der Waals surface area contributed by atoms with Crippen LogP contribution in [0, 0.1) is 18.6 Å². The molecule has 0 bridgehead atoms. The van der Waals surface area contributed by atoms with Crippen LogP contribution in [-0.2, 0) is 0 Å². The Morgan fingerprint density at radius 1 is 1.29 bits per heavy atom. The summed E-state index contributed by atoms with van der Waals surface area (Å²) in [6.45, 7) is 1.97. The molecule has 1 unspecified atom stereocenters. The van der Waals surface area contributed by atoms with Gasteiger partial charge in [-0.2, -0.15) is 0 Å². The fraction of sp³-hybridized carbons (Fsp3) is 0.167. The summed E-state index contributed by atoms with van der Waals surface area (Å²) in [4.78, 5) is 1.71. The molecule has 0 radical (unpaired) electrons. The number of hydrogen-bond acceptors (Lipinski definition) is 1. The summed E-state index contributed by atoms with van der Waals surface area (Å²) in [5.41, 5.74) is 0.313. The summed E-state index contributed by atoms with van der Waals surface area (Å²) in [5, 5.41) is 0. The number of rotatable bonds is 2. The maximum absolute atomic E-state index is 13.7. The molecule has 0 amide bonds. The molecule has 0 saturated heterocycles. The monoisotopic (exact) mass is 380 g/mol. The van der Waals surface area contributed by atoms with E-state index in [9.17, 15) is 8.78 Å². The molecule has 5 heteroatoms. The zero-order valence-corrected chi connectivity index (χ0v) is 12.8. The average molecular weight is 382 g/mol. The lowest BCUT2D eigenvalue weighted by Crippen LogP contribution is -1.97. The fourth-order valence-corrected chi connectivity index (χ4v) is 4.60. The van der Waals surface area contributed by atoms with E-state index in [0.29, 0.717) is 5.56 Å². The highest BCUT2D eigenvalue weighted by Gasteiger charge is 2.21. The molecule has 90 valence electrons. The van der Waals surface area contributed by atoms with Crippen molar-refractivity contribution in [3.05, 3.63) is 55.7 Å². The zero-order valence-electron chi connectivity index (χ0n) is 8.81. The predicted molar refractivity (Wildman–Crippen MR) is 73.9 cm³/mol. The molecule has 0 nitrogen and oxygen atoms in total. The summed E-state index contributed by atoms with van der Waals surface area (Å²) in [7, 11) is 0. The Labute approximate surface area is 119 Å². The van der Waals surface area contributed by atoms with Gasteiger partial charge < -0.3 is 0 Å². The van der Waals surface area contributed by atoms with E-state index in [1.807, 2.05) is 13.0 Å². The summed E-state index contributed by atoms with van der Waals surface area (Å²) >= 11 is 8.39. The molecule has 1 atom stereocenters. The Hall–Kier alpha value is -0.260. The number of aryl methyl sites for hydroxylation is 1. The largest absolute Gasteiger partial charge is 0.204 e. The van der Waals surface area contributed by atoms with Crippen LogP contribution in [-0.4, -0.2) is 0 Å². The van der Waals surface area contributed by atoms with E-state index in [0.717, 1.165) is 20.3 Å². The molecule has 0 fully saturated rings. The average Bonchev–Trinajstić information content (AvgIpc) is 2.61. The van der Waals surface area contributed by atoms with Crippen molar-refractivity contribution in [1.82, 2.24) is 0 Å². The lowest BCUT2D eigenvalue weighted by Gasteiger charge is -2.10. The van der Waals surface area contributed by atoms with Gasteiger partial charge in [0.25, 0.3) is 0 Å². The number of hydrogen-bond donors (Lipinski definition) is 0. The number of thiophene rings is 1. The van der Waals surface area contributed by atoms with Crippen LogP contribution < -0.4 is 0 Å². The SMILES string of the molecule is Cc1cc(Br)c(C(Br)c2cccc(F)c2F)s1. The van der Waals surface area contributed by atoms with Crippen molar-refractivity contribution < 1.29 is 8.78 Å². The second kappa shape index (κ2) is 5.16. The normalized spacial score (nSPS) is 12.8. The van der Waals surface area contributed by atoms with Gasteiger partial charge >= 0.3 is 0 Å². The highest BCUT2D eigenvalue weighted by molar-refractivity contribution is 9.11. The third kappa shape index (κ3) is 2.61. The summed E-state index contributed by atoms with van der Waals surface area (Å²) < 4.78 is 27.7. The van der Waals surface area contributed by atoms with Crippen LogP contribution in [0.25, 0.3) is 0 Å². The Morgan fingerprint density at radius 2 is 2.00 bits per heavy atom. The van der Waals surface area contributed by atoms with Crippen molar-refractivity contribution in [2.75, 3.05) is 0 Å². The Morgan fingerprint density at radius 3 is 2.59 bits per heavy atom. The lowest BCUT2D eigenvalue weighted by atomic mass is 10.1. The van der Waals surface area contributed by atoms with E-state index < -0.39 is 11.6 Å². The van der Waals surface area contributed by atoms with Crippen molar-refractivity contribution in [2.45, 2.75) is 11.8 Å². The minimum absolute atomic E-state index is 0.313. The maximum atomic E-state index is 13.7. The van der Waals surface area contributed by atoms with Gasteiger partial charge in [0.2, 0.25) is 0 Å². The quantitative estimate of drug-likeness (QED) is 0.595. The summed E-state index contributed by atoms with van der Waals surface area (Å²) in [6.07, 6.45) is 0. The van der Waals surface area contributed by atoms with Gasteiger partial charge in [-0.15, -0.1) is 11.3 Å². The van der Waals surface area contributed by atoms with Crippen molar-refractivity contribution in [1.29, 1.82) is 0 Å². The molecule has 0 spiro atoms. The van der Waals surface area contributed by atoms with Gasteiger partial charge in [-0.1, -0.05) is 28.1 Å². The first-order valence-corrected chi connectivity index (χ1v) is 7.37. The minimum atomic E-state index is -0.823. The Balaban J connectivity index is 2.47. The molecule has 1 heterocycles. The van der Waals surface area contributed by atoms with Gasteiger partial charge in [-0.05, 0) is 35.0 Å². The van der Waals surface area contributed by atoms with Gasteiger partial charge in [0.05, 0.1) is 4.83 Å². The number of halogens is 4. The molecule has 1 aromatic carbocycles. The highest BCUT2D eigenvalue weighted by Crippen LogP contribution is 2.41. The van der Waals surface area contributed by atoms with Gasteiger partial charge in [0.15, 0.2) is 11.6 Å². The summed E-state index contributed by atoms with van der Waals surface area (Å²) in [6, 6.07) is 6.18. The second-order valence-corrected chi connectivity index (χ2v) is 6.63. The number of alkyl halides is 1. The topological polar surface area (TPSA) is 0 Å². The molecule has 0 saturated carbocycles. The zero-order chi connectivity index (χ0) is 12.6. The van der Waals surface area contributed by atoms with Crippen LogP contribution in [0.5, 0.6) is 0 Å². The molecule has 1 aromatic heterocycles. The number of benzene rings is 1. The third-order valence-electron chi connectivity index (χ3n) is 2.32. The van der Waals surface area contributed by atoms with Crippen molar-refractivity contribution in [3.8, 4) is 0 Å². The molecule has 0 aliphatic heterocycles. The van der Waals surface area contributed by atoms with E-state index >= 15 is 0 Å². The van der Waals surface area contributed by atoms with Crippen molar-refractivity contribution in [3.63, 3.8) is 0 Å².